The molecule has 1 aromatic rings. The van der Waals surface area contributed by atoms with Crippen molar-refractivity contribution in [3.05, 3.63) is 27.4 Å². The monoisotopic (exact) mass is 383 g/mol. The highest BCUT2D eigenvalue weighted by Gasteiger charge is 2.23. The molecule has 1 aromatic carbocycles. The van der Waals surface area contributed by atoms with Crippen molar-refractivity contribution in [2.75, 3.05) is 10.5 Å². The van der Waals surface area contributed by atoms with Crippen molar-refractivity contribution in [1.29, 1.82) is 0 Å². The molecule has 1 fully saturated rings. The third kappa shape index (κ3) is 4.33. The third-order valence-electron chi connectivity index (χ3n) is 3.44. The maximum Gasteiger partial charge on any atom is 0.233 e. The Hall–Kier alpha value is -0.330. The molecule has 0 spiro atoms. The highest BCUT2D eigenvalue weighted by atomic mass is 79.9. The zero-order chi connectivity index (χ0) is 14.8. The van der Waals surface area contributed by atoms with Gasteiger partial charge in [-0.1, -0.05) is 30.9 Å². The Morgan fingerprint density at radius 1 is 1.30 bits per heavy atom. The lowest BCUT2D eigenvalue weighted by Crippen LogP contribution is -2.24. The number of benzene rings is 1. The van der Waals surface area contributed by atoms with Crippen LogP contribution in [0.3, 0.4) is 0 Å². The van der Waals surface area contributed by atoms with Crippen molar-refractivity contribution in [3.63, 3.8) is 0 Å². The van der Waals surface area contributed by atoms with Gasteiger partial charge in [0.1, 0.15) is 5.82 Å². The van der Waals surface area contributed by atoms with Crippen LogP contribution in [0.4, 0.5) is 10.1 Å². The van der Waals surface area contributed by atoms with Gasteiger partial charge in [0.25, 0.3) is 0 Å². The molecule has 0 saturated heterocycles. The maximum absolute atomic E-state index is 13.1. The van der Waals surface area contributed by atoms with Crippen LogP contribution in [0.25, 0.3) is 0 Å². The van der Waals surface area contributed by atoms with Gasteiger partial charge in [0, 0.05) is 4.47 Å². The molecule has 7 heteroatoms. The Labute approximate surface area is 132 Å². The zero-order valence-corrected chi connectivity index (χ0v) is 14.0. The van der Waals surface area contributed by atoms with Crippen molar-refractivity contribution in [2.24, 2.45) is 5.92 Å². The number of nitrogens with one attached hydrogen (secondary N) is 1. The van der Waals surface area contributed by atoms with Gasteiger partial charge in [0.2, 0.25) is 10.0 Å². The SMILES string of the molecule is O=S(=O)(CC1CCCCC1)Nc1c(Cl)cc(F)cc1Br. The summed E-state index contributed by atoms with van der Waals surface area (Å²) in [6.45, 7) is 0. The predicted molar refractivity (Wildman–Crippen MR) is 83.1 cm³/mol. The first-order valence-corrected chi connectivity index (χ1v) is 9.35. The van der Waals surface area contributed by atoms with Gasteiger partial charge in [-0.15, -0.1) is 0 Å². The third-order valence-corrected chi connectivity index (χ3v) is 5.79. The minimum absolute atomic E-state index is 0.0455. The van der Waals surface area contributed by atoms with E-state index in [1.54, 1.807) is 0 Å². The molecule has 1 N–H and O–H groups in total. The van der Waals surface area contributed by atoms with Gasteiger partial charge < -0.3 is 0 Å². The maximum atomic E-state index is 13.1. The number of rotatable bonds is 4. The van der Waals surface area contributed by atoms with Gasteiger partial charge in [-0.05, 0) is 46.8 Å². The van der Waals surface area contributed by atoms with Crippen LogP contribution in [-0.2, 0) is 10.0 Å². The molecule has 0 unspecified atom stereocenters. The molecule has 1 aliphatic carbocycles. The van der Waals surface area contributed by atoms with E-state index in [1.807, 2.05) is 0 Å². The summed E-state index contributed by atoms with van der Waals surface area (Å²) in [5.74, 6) is -0.232. The number of halogens is 3. The second kappa shape index (κ2) is 6.62. The summed E-state index contributed by atoms with van der Waals surface area (Å²) in [6.07, 6.45) is 5.24. The highest BCUT2D eigenvalue weighted by molar-refractivity contribution is 9.10. The van der Waals surface area contributed by atoms with Gasteiger partial charge in [-0.2, -0.15) is 0 Å². The van der Waals surface area contributed by atoms with Crippen LogP contribution in [0, 0.1) is 11.7 Å². The number of hydrogen-bond donors (Lipinski definition) is 1. The first-order chi connectivity index (χ1) is 9.37. The van der Waals surface area contributed by atoms with E-state index in [0.29, 0.717) is 4.47 Å². The topological polar surface area (TPSA) is 46.2 Å². The molecule has 20 heavy (non-hydrogen) atoms. The van der Waals surface area contributed by atoms with Crippen LogP contribution in [-0.4, -0.2) is 14.2 Å². The fourth-order valence-corrected chi connectivity index (χ4v) is 5.16. The normalized spacial score (nSPS) is 17.1. The van der Waals surface area contributed by atoms with Crippen LogP contribution >= 0.6 is 27.5 Å². The summed E-state index contributed by atoms with van der Waals surface area (Å²) < 4.78 is 40.2. The molecule has 0 atom stereocenters. The van der Waals surface area contributed by atoms with E-state index >= 15 is 0 Å². The van der Waals surface area contributed by atoms with Crippen LogP contribution in [0.1, 0.15) is 32.1 Å². The largest absolute Gasteiger partial charge is 0.281 e. The van der Waals surface area contributed by atoms with E-state index in [1.165, 1.54) is 12.5 Å². The van der Waals surface area contributed by atoms with Crippen LogP contribution < -0.4 is 4.72 Å². The smallest absolute Gasteiger partial charge is 0.233 e. The van der Waals surface area contributed by atoms with E-state index in [0.717, 1.165) is 31.7 Å². The molecule has 0 aromatic heterocycles. The number of sulfonamides is 1. The fourth-order valence-electron chi connectivity index (χ4n) is 2.50. The molecule has 112 valence electrons. The summed E-state index contributed by atoms with van der Waals surface area (Å²) >= 11 is 9.01. The molecule has 0 heterocycles. The summed E-state index contributed by atoms with van der Waals surface area (Å²) in [4.78, 5) is 0. The average Bonchev–Trinajstić information content (AvgIpc) is 2.34. The molecule has 0 bridgehead atoms. The highest BCUT2D eigenvalue weighted by Crippen LogP contribution is 2.33. The standard InChI is InChI=1S/C13H16BrClFNO2S/c14-11-6-10(16)7-12(15)13(11)17-20(18,19)8-9-4-2-1-3-5-9/h6-7,9,17H,1-5,8H2. The lowest BCUT2D eigenvalue weighted by atomic mass is 9.91. The minimum atomic E-state index is -3.48. The van der Waals surface area contributed by atoms with Crippen molar-refractivity contribution < 1.29 is 12.8 Å². The van der Waals surface area contributed by atoms with E-state index in [4.69, 9.17) is 11.6 Å². The van der Waals surface area contributed by atoms with E-state index < -0.39 is 15.8 Å². The van der Waals surface area contributed by atoms with E-state index in [-0.39, 0.29) is 22.4 Å². The molecule has 0 aliphatic heterocycles. The Kier molecular flexibility index (Phi) is 5.31. The molecule has 2 rings (SSSR count). The lowest BCUT2D eigenvalue weighted by molar-refractivity contribution is 0.385. The molecule has 1 aliphatic rings. The first-order valence-electron chi connectivity index (χ1n) is 6.52. The molecule has 1 saturated carbocycles. The van der Waals surface area contributed by atoms with Crippen molar-refractivity contribution >= 4 is 43.2 Å². The minimum Gasteiger partial charge on any atom is -0.281 e. The Bertz CT molecular complexity index is 565. The van der Waals surface area contributed by atoms with Crippen LogP contribution in [0.5, 0.6) is 0 Å². The summed E-state index contributed by atoms with van der Waals surface area (Å²) in [5, 5.41) is 0.0455. The zero-order valence-electron chi connectivity index (χ0n) is 10.8. The van der Waals surface area contributed by atoms with Gasteiger partial charge in [-0.3, -0.25) is 4.72 Å². The van der Waals surface area contributed by atoms with Crippen molar-refractivity contribution in [2.45, 2.75) is 32.1 Å². The van der Waals surface area contributed by atoms with Gasteiger partial charge in [-0.25, -0.2) is 12.8 Å². The van der Waals surface area contributed by atoms with Crippen LogP contribution in [0.2, 0.25) is 5.02 Å². The second-order valence-corrected chi connectivity index (χ2v) is 8.16. The average molecular weight is 385 g/mol. The Morgan fingerprint density at radius 2 is 1.95 bits per heavy atom. The molecular weight excluding hydrogens is 369 g/mol. The second-order valence-electron chi connectivity index (χ2n) is 5.13. The lowest BCUT2D eigenvalue weighted by Gasteiger charge is -2.22. The number of hydrogen-bond acceptors (Lipinski definition) is 2. The van der Waals surface area contributed by atoms with Crippen molar-refractivity contribution in [3.8, 4) is 0 Å². The Morgan fingerprint density at radius 3 is 2.55 bits per heavy atom. The van der Waals surface area contributed by atoms with Crippen molar-refractivity contribution in [1.82, 2.24) is 0 Å². The van der Waals surface area contributed by atoms with Gasteiger partial charge in [0.05, 0.1) is 16.5 Å². The van der Waals surface area contributed by atoms with Gasteiger partial charge >= 0.3 is 0 Å². The molecule has 3 nitrogen and oxygen atoms in total. The quantitative estimate of drug-likeness (QED) is 0.827. The van der Waals surface area contributed by atoms with E-state index in [2.05, 4.69) is 20.7 Å². The van der Waals surface area contributed by atoms with Crippen LogP contribution in [0.15, 0.2) is 16.6 Å². The molecule has 0 amide bonds. The Balaban J connectivity index is 2.11. The summed E-state index contributed by atoms with van der Waals surface area (Å²) in [6, 6.07) is 2.27. The fraction of sp³-hybridized carbons (Fsp3) is 0.538. The summed E-state index contributed by atoms with van der Waals surface area (Å²) in [5.41, 5.74) is 0.198. The first kappa shape index (κ1) is 16.0. The van der Waals surface area contributed by atoms with E-state index in [9.17, 15) is 12.8 Å². The number of anilines is 1. The molecular formula is C13H16BrClFNO2S. The summed E-state index contributed by atoms with van der Waals surface area (Å²) in [7, 11) is -3.48. The van der Waals surface area contributed by atoms with Gasteiger partial charge in [0.15, 0.2) is 0 Å². The molecule has 0 radical (unpaired) electrons. The predicted octanol–water partition coefficient (Wildman–Crippen LogP) is 4.56.